The molecule has 0 spiro atoms. The number of ether oxygens (including phenoxy) is 1. The van der Waals surface area contributed by atoms with Crippen LogP contribution >= 0.6 is 11.8 Å². The van der Waals surface area contributed by atoms with Gasteiger partial charge < -0.3 is 20.7 Å². The number of carbonyl (C=O) groups is 3. The number of nitro benzene ring substituents is 1. The van der Waals surface area contributed by atoms with E-state index in [1.807, 2.05) is 0 Å². The van der Waals surface area contributed by atoms with E-state index >= 15 is 0 Å². The Bertz CT molecular complexity index is 1690. The first-order chi connectivity index (χ1) is 20.7. The van der Waals surface area contributed by atoms with Gasteiger partial charge in [-0.05, 0) is 66.6 Å². The Morgan fingerprint density at radius 1 is 0.907 bits per heavy atom. The van der Waals surface area contributed by atoms with Crippen LogP contribution in [0.5, 0.6) is 5.75 Å². The average Bonchev–Trinajstić information content (AvgIpc) is 3.01. The molecule has 0 heterocycles. The minimum absolute atomic E-state index is 0.0202. The molecule has 4 aromatic rings. The Kier molecular flexibility index (Phi) is 10.3. The fourth-order valence-electron chi connectivity index (χ4n) is 3.90. The molecule has 4 aromatic carbocycles. The van der Waals surface area contributed by atoms with Crippen molar-refractivity contribution in [3.8, 4) is 5.75 Å². The summed E-state index contributed by atoms with van der Waals surface area (Å²) >= 11 is 1.23. The van der Waals surface area contributed by atoms with Gasteiger partial charge in [-0.25, -0.2) is 0 Å². The summed E-state index contributed by atoms with van der Waals surface area (Å²) in [6.07, 6.45) is 1.55. The summed E-state index contributed by atoms with van der Waals surface area (Å²) in [5, 5.41) is 19.3. The highest BCUT2D eigenvalue weighted by Gasteiger charge is 2.16. The van der Waals surface area contributed by atoms with E-state index in [2.05, 4.69) is 16.0 Å². The Hall–Kier alpha value is -5.42. The van der Waals surface area contributed by atoms with Crippen molar-refractivity contribution in [1.29, 1.82) is 0 Å². The highest BCUT2D eigenvalue weighted by Crippen LogP contribution is 2.25. The number of carbonyl (C=O) groups excluding carboxylic acids is 3. The zero-order chi connectivity index (χ0) is 30.8. The number of nitro groups is 1. The molecule has 4 rings (SSSR count). The molecule has 11 heteroatoms. The molecule has 0 saturated heterocycles. The van der Waals surface area contributed by atoms with Crippen molar-refractivity contribution in [2.75, 3.05) is 23.5 Å². The third kappa shape index (κ3) is 8.78. The smallest absolute Gasteiger partial charge is 0.272 e. The van der Waals surface area contributed by atoms with E-state index in [-0.39, 0.29) is 23.0 Å². The fraction of sp³-hybridized carbons (Fsp3) is 0.0938. The molecule has 0 aliphatic heterocycles. The first kappa shape index (κ1) is 30.5. The van der Waals surface area contributed by atoms with Gasteiger partial charge in [0.2, 0.25) is 5.91 Å². The van der Waals surface area contributed by atoms with Gasteiger partial charge in [0.1, 0.15) is 11.4 Å². The van der Waals surface area contributed by atoms with E-state index in [0.29, 0.717) is 38.7 Å². The summed E-state index contributed by atoms with van der Waals surface area (Å²) in [6, 6.07) is 26.8. The predicted molar refractivity (Wildman–Crippen MR) is 167 cm³/mol. The third-order valence-corrected chi connectivity index (χ3v) is 7.10. The molecule has 3 amide bonds. The number of hydrogen-bond acceptors (Lipinski definition) is 7. The third-order valence-electron chi connectivity index (χ3n) is 6.10. The van der Waals surface area contributed by atoms with Gasteiger partial charge in [0.15, 0.2) is 0 Å². The van der Waals surface area contributed by atoms with E-state index in [0.717, 1.165) is 0 Å². The lowest BCUT2D eigenvalue weighted by Crippen LogP contribution is -2.30. The molecule has 43 heavy (non-hydrogen) atoms. The van der Waals surface area contributed by atoms with Crippen LogP contribution in [0.4, 0.5) is 17.1 Å². The normalized spacial score (nSPS) is 10.9. The number of amides is 3. The molecule has 0 aliphatic carbocycles. The molecule has 0 fully saturated rings. The predicted octanol–water partition coefficient (Wildman–Crippen LogP) is 6.05. The summed E-state index contributed by atoms with van der Waals surface area (Å²) in [4.78, 5) is 50.1. The molecule has 0 unspecified atom stereocenters. The maximum atomic E-state index is 13.4. The van der Waals surface area contributed by atoms with Crippen molar-refractivity contribution in [3.05, 3.63) is 130 Å². The minimum atomic E-state index is -0.548. The van der Waals surface area contributed by atoms with Crippen LogP contribution in [0, 0.1) is 17.0 Å². The maximum absolute atomic E-state index is 13.4. The number of methoxy groups -OCH3 is 1. The van der Waals surface area contributed by atoms with Crippen molar-refractivity contribution in [2.24, 2.45) is 0 Å². The Morgan fingerprint density at radius 2 is 1.67 bits per heavy atom. The average molecular weight is 597 g/mol. The number of benzene rings is 4. The molecule has 0 radical (unpaired) electrons. The van der Waals surface area contributed by atoms with Gasteiger partial charge in [0, 0.05) is 28.3 Å². The Labute approximate surface area is 252 Å². The Balaban J connectivity index is 1.46. The van der Waals surface area contributed by atoms with E-state index in [1.54, 1.807) is 97.9 Å². The minimum Gasteiger partial charge on any atom is -0.497 e. The molecule has 0 atom stereocenters. The number of non-ortho nitro benzene ring substituents is 1. The van der Waals surface area contributed by atoms with E-state index in [1.165, 1.54) is 31.0 Å². The quantitative estimate of drug-likeness (QED) is 0.0829. The van der Waals surface area contributed by atoms with E-state index < -0.39 is 16.7 Å². The summed E-state index contributed by atoms with van der Waals surface area (Å²) < 4.78 is 5.27. The largest absolute Gasteiger partial charge is 0.497 e. The topological polar surface area (TPSA) is 140 Å². The standard InChI is InChI=1S/C32H28N4O6S/c1-21-14-15-25(36(40)41)19-28(21)34-30(37)20-43-27-13-7-11-24(18-27)33-32(39)29(17-22-8-6-12-26(16-22)42-2)35-31(38)23-9-4-3-5-10-23/h3-19H,20H2,1-2H3,(H,33,39)(H,34,37)(H,35,38)/b29-17-. The van der Waals surface area contributed by atoms with Crippen LogP contribution in [0.25, 0.3) is 6.08 Å². The van der Waals surface area contributed by atoms with Crippen LogP contribution in [-0.4, -0.2) is 35.5 Å². The van der Waals surface area contributed by atoms with Gasteiger partial charge in [0.25, 0.3) is 17.5 Å². The number of hydrogen-bond donors (Lipinski definition) is 3. The first-order valence-corrected chi connectivity index (χ1v) is 14.0. The summed E-state index contributed by atoms with van der Waals surface area (Å²) in [7, 11) is 1.54. The van der Waals surface area contributed by atoms with E-state index in [9.17, 15) is 24.5 Å². The number of thioether (sulfide) groups is 1. The van der Waals surface area contributed by atoms with Crippen molar-refractivity contribution >= 4 is 52.6 Å². The number of rotatable bonds is 11. The maximum Gasteiger partial charge on any atom is 0.272 e. The summed E-state index contributed by atoms with van der Waals surface area (Å²) in [5.74, 6) is -0.701. The molecular weight excluding hydrogens is 568 g/mol. The van der Waals surface area contributed by atoms with Crippen LogP contribution in [-0.2, 0) is 9.59 Å². The highest BCUT2D eigenvalue weighted by molar-refractivity contribution is 8.00. The lowest BCUT2D eigenvalue weighted by atomic mass is 10.1. The zero-order valence-electron chi connectivity index (χ0n) is 23.3. The van der Waals surface area contributed by atoms with Crippen molar-refractivity contribution in [2.45, 2.75) is 11.8 Å². The van der Waals surface area contributed by atoms with Crippen molar-refractivity contribution in [1.82, 2.24) is 5.32 Å². The van der Waals surface area contributed by atoms with Crippen molar-refractivity contribution in [3.63, 3.8) is 0 Å². The molecule has 3 N–H and O–H groups in total. The lowest BCUT2D eigenvalue weighted by Gasteiger charge is -2.12. The number of nitrogens with zero attached hydrogens (tertiary/aromatic N) is 1. The lowest BCUT2D eigenvalue weighted by molar-refractivity contribution is -0.384. The van der Waals surface area contributed by atoms with Gasteiger partial charge in [0.05, 0.1) is 23.5 Å². The number of aryl methyl sites for hydroxylation is 1. The molecular formula is C32H28N4O6S. The van der Waals surface area contributed by atoms with Crippen LogP contribution in [0.15, 0.2) is 108 Å². The molecule has 10 nitrogen and oxygen atoms in total. The van der Waals surface area contributed by atoms with E-state index in [4.69, 9.17) is 4.74 Å². The summed E-state index contributed by atoms with van der Waals surface area (Å²) in [6.45, 7) is 1.75. The molecule has 0 aliphatic rings. The highest BCUT2D eigenvalue weighted by atomic mass is 32.2. The number of anilines is 2. The zero-order valence-corrected chi connectivity index (χ0v) is 24.1. The van der Waals surface area contributed by atoms with Crippen LogP contribution in [0.1, 0.15) is 21.5 Å². The monoisotopic (exact) mass is 596 g/mol. The van der Waals surface area contributed by atoms with Gasteiger partial charge in [-0.1, -0.05) is 42.5 Å². The molecule has 218 valence electrons. The fourth-order valence-corrected chi connectivity index (χ4v) is 4.65. The van der Waals surface area contributed by atoms with Crippen LogP contribution < -0.4 is 20.7 Å². The van der Waals surface area contributed by atoms with Crippen LogP contribution in [0.3, 0.4) is 0 Å². The second-order valence-electron chi connectivity index (χ2n) is 9.23. The number of nitrogens with one attached hydrogen (secondary N) is 3. The van der Waals surface area contributed by atoms with Gasteiger partial charge in [-0.2, -0.15) is 0 Å². The van der Waals surface area contributed by atoms with Gasteiger partial charge in [-0.3, -0.25) is 24.5 Å². The molecule has 0 aromatic heterocycles. The second kappa shape index (κ2) is 14.5. The van der Waals surface area contributed by atoms with Crippen LogP contribution in [0.2, 0.25) is 0 Å². The SMILES string of the molecule is COc1cccc(/C=C(\NC(=O)c2ccccc2)C(=O)Nc2cccc(SCC(=O)Nc3cc([N+](=O)[O-])ccc3C)c2)c1. The Morgan fingerprint density at radius 3 is 2.42 bits per heavy atom. The molecule has 0 saturated carbocycles. The summed E-state index contributed by atoms with van der Waals surface area (Å²) in [5.41, 5.74) is 2.47. The van der Waals surface area contributed by atoms with Gasteiger partial charge >= 0.3 is 0 Å². The van der Waals surface area contributed by atoms with Gasteiger partial charge in [-0.15, -0.1) is 11.8 Å². The second-order valence-corrected chi connectivity index (χ2v) is 10.3. The molecule has 0 bridgehead atoms. The van der Waals surface area contributed by atoms with Crippen molar-refractivity contribution < 1.29 is 24.0 Å². The first-order valence-electron chi connectivity index (χ1n) is 13.0.